The fourth-order valence-corrected chi connectivity index (χ4v) is 3.49. The van der Waals surface area contributed by atoms with Crippen LogP contribution in [0.5, 0.6) is 0 Å². The van der Waals surface area contributed by atoms with Gasteiger partial charge in [-0.2, -0.15) is 13.2 Å². The fourth-order valence-electron chi connectivity index (χ4n) is 3.49. The van der Waals surface area contributed by atoms with E-state index in [1.807, 2.05) is 44.2 Å². The van der Waals surface area contributed by atoms with Gasteiger partial charge in [-0.3, -0.25) is 4.79 Å². The van der Waals surface area contributed by atoms with Gasteiger partial charge in [-0.15, -0.1) is 0 Å². The van der Waals surface area contributed by atoms with Crippen LogP contribution in [0.4, 0.5) is 18.9 Å². The van der Waals surface area contributed by atoms with Crippen molar-refractivity contribution < 1.29 is 23.1 Å². The Kier molecular flexibility index (Phi) is 7.01. The van der Waals surface area contributed by atoms with Crippen LogP contribution in [0.15, 0.2) is 66.3 Å². The summed E-state index contributed by atoms with van der Waals surface area (Å²) in [6.45, 7) is 4.15. The molecular weight excluding hydrogens is 403 g/mol. The van der Waals surface area contributed by atoms with E-state index in [1.165, 1.54) is 17.0 Å². The van der Waals surface area contributed by atoms with Crippen molar-refractivity contribution in [3.8, 4) is 0 Å². The molecule has 2 aromatic rings. The van der Waals surface area contributed by atoms with Crippen LogP contribution in [0.25, 0.3) is 0 Å². The SMILES string of the molecule is Cc1ccc(N(CCc2ccc(C(F)(F)F)cc2)C(=O)[C@H](O)C2=CCCC=C2)cc1C. The number of allylic oxidation sites excluding steroid dienone is 2. The van der Waals surface area contributed by atoms with Crippen molar-refractivity contribution in [2.75, 3.05) is 11.4 Å². The first-order valence-corrected chi connectivity index (χ1v) is 10.3. The molecular formula is C25H26F3NO2. The summed E-state index contributed by atoms with van der Waals surface area (Å²) in [6.07, 6.45) is 1.88. The molecule has 0 heterocycles. The molecule has 0 aliphatic heterocycles. The number of halogens is 3. The summed E-state index contributed by atoms with van der Waals surface area (Å²) in [5, 5.41) is 10.7. The summed E-state index contributed by atoms with van der Waals surface area (Å²) < 4.78 is 38.4. The van der Waals surface area contributed by atoms with E-state index in [4.69, 9.17) is 0 Å². The smallest absolute Gasteiger partial charge is 0.378 e. The number of benzene rings is 2. The molecule has 0 bridgehead atoms. The van der Waals surface area contributed by atoms with Crippen LogP contribution >= 0.6 is 0 Å². The first-order valence-electron chi connectivity index (χ1n) is 10.3. The Hall–Kier alpha value is -2.86. The molecule has 164 valence electrons. The van der Waals surface area contributed by atoms with Crippen LogP contribution in [0.2, 0.25) is 0 Å². The van der Waals surface area contributed by atoms with Crippen molar-refractivity contribution in [3.63, 3.8) is 0 Å². The molecule has 0 radical (unpaired) electrons. The van der Waals surface area contributed by atoms with E-state index >= 15 is 0 Å². The summed E-state index contributed by atoms with van der Waals surface area (Å²) in [7, 11) is 0. The molecule has 2 aromatic carbocycles. The number of alkyl halides is 3. The molecule has 0 saturated heterocycles. The Labute approximate surface area is 180 Å². The van der Waals surface area contributed by atoms with Gasteiger partial charge in [0.05, 0.1) is 5.56 Å². The van der Waals surface area contributed by atoms with Crippen molar-refractivity contribution in [3.05, 3.63) is 88.5 Å². The zero-order valence-corrected chi connectivity index (χ0v) is 17.6. The lowest BCUT2D eigenvalue weighted by atomic mass is 10.0. The average molecular weight is 429 g/mol. The predicted molar refractivity (Wildman–Crippen MR) is 116 cm³/mol. The zero-order valence-electron chi connectivity index (χ0n) is 17.6. The van der Waals surface area contributed by atoms with E-state index in [1.54, 1.807) is 6.08 Å². The molecule has 1 amide bonds. The lowest BCUT2D eigenvalue weighted by Gasteiger charge is -2.27. The number of aliphatic hydroxyl groups is 1. The van der Waals surface area contributed by atoms with E-state index in [2.05, 4.69) is 0 Å². The van der Waals surface area contributed by atoms with E-state index in [-0.39, 0.29) is 6.54 Å². The highest BCUT2D eigenvalue weighted by molar-refractivity contribution is 5.98. The van der Waals surface area contributed by atoms with Gasteiger partial charge in [0.2, 0.25) is 0 Å². The van der Waals surface area contributed by atoms with E-state index in [0.717, 1.165) is 36.1 Å². The van der Waals surface area contributed by atoms with Crippen molar-refractivity contribution >= 4 is 11.6 Å². The molecule has 0 unspecified atom stereocenters. The zero-order chi connectivity index (χ0) is 22.6. The summed E-state index contributed by atoms with van der Waals surface area (Å²) in [5.74, 6) is -0.451. The molecule has 1 atom stereocenters. The molecule has 6 heteroatoms. The minimum atomic E-state index is -4.38. The fraction of sp³-hybridized carbons (Fsp3) is 0.320. The standard InChI is InChI=1S/C25H26F3NO2/c1-17-8-13-22(16-18(17)2)29(24(31)23(30)20-6-4-3-5-7-20)15-14-19-9-11-21(12-10-19)25(26,27)28/h4,6-13,16,23,30H,3,5,14-15H2,1-2H3/t23-/m1/s1. The molecule has 1 aliphatic carbocycles. The van der Waals surface area contributed by atoms with Gasteiger partial charge in [0, 0.05) is 12.2 Å². The van der Waals surface area contributed by atoms with Crippen LogP contribution in [-0.2, 0) is 17.4 Å². The highest BCUT2D eigenvalue weighted by atomic mass is 19.4. The third-order valence-corrected chi connectivity index (χ3v) is 5.55. The number of anilines is 1. The largest absolute Gasteiger partial charge is 0.416 e. The lowest BCUT2D eigenvalue weighted by Crippen LogP contribution is -2.41. The Morgan fingerprint density at radius 2 is 1.77 bits per heavy atom. The number of aliphatic hydroxyl groups excluding tert-OH is 1. The van der Waals surface area contributed by atoms with E-state index in [9.17, 15) is 23.1 Å². The Morgan fingerprint density at radius 1 is 1.06 bits per heavy atom. The third-order valence-electron chi connectivity index (χ3n) is 5.55. The number of amides is 1. The average Bonchev–Trinajstić information content (AvgIpc) is 2.76. The highest BCUT2D eigenvalue weighted by Gasteiger charge is 2.30. The third kappa shape index (κ3) is 5.64. The molecule has 0 saturated carbocycles. The first kappa shape index (κ1) is 22.8. The summed E-state index contributed by atoms with van der Waals surface area (Å²) >= 11 is 0. The van der Waals surface area contributed by atoms with Gasteiger partial charge in [-0.1, -0.05) is 36.4 Å². The van der Waals surface area contributed by atoms with Crippen LogP contribution in [0.1, 0.15) is 35.1 Å². The maximum atomic E-state index is 13.2. The molecule has 0 spiro atoms. The van der Waals surface area contributed by atoms with Crippen molar-refractivity contribution in [2.45, 2.75) is 45.4 Å². The van der Waals surface area contributed by atoms with Crippen LogP contribution < -0.4 is 4.90 Å². The van der Waals surface area contributed by atoms with Crippen LogP contribution in [0, 0.1) is 13.8 Å². The van der Waals surface area contributed by atoms with Crippen molar-refractivity contribution in [1.29, 1.82) is 0 Å². The number of aryl methyl sites for hydroxylation is 2. The van der Waals surface area contributed by atoms with Gasteiger partial charge in [-0.25, -0.2) is 0 Å². The maximum absolute atomic E-state index is 13.2. The van der Waals surface area contributed by atoms with Crippen molar-refractivity contribution in [2.24, 2.45) is 0 Å². The Morgan fingerprint density at radius 3 is 2.35 bits per heavy atom. The maximum Gasteiger partial charge on any atom is 0.416 e. The number of carbonyl (C=O) groups excluding carboxylic acids is 1. The van der Waals surface area contributed by atoms with Gasteiger partial charge in [-0.05, 0) is 79.6 Å². The molecule has 3 nitrogen and oxygen atoms in total. The predicted octanol–water partition coefficient (Wildman–Crippen LogP) is 5.54. The first-order chi connectivity index (χ1) is 14.7. The van der Waals surface area contributed by atoms with E-state index < -0.39 is 23.8 Å². The number of nitrogens with zero attached hydrogens (tertiary/aromatic N) is 1. The van der Waals surface area contributed by atoms with Crippen LogP contribution in [0.3, 0.4) is 0 Å². The summed E-state index contributed by atoms with van der Waals surface area (Å²) in [6, 6.07) is 10.6. The quantitative estimate of drug-likeness (QED) is 0.655. The van der Waals surface area contributed by atoms with Gasteiger partial charge >= 0.3 is 6.18 Å². The molecule has 31 heavy (non-hydrogen) atoms. The molecule has 1 N–H and O–H groups in total. The molecule has 3 rings (SSSR count). The second-order valence-electron chi connectivity index (χ2n) is 7.79. The van der Waals surface area contributed by atoms with E-state index in [0.29, 0.717) is 23.2 Å². The number of rotatable bonds is 6. The van der Waals surface area contributed by atoms with Gasteiger partial charge < -0.3 is 10.0 Å². The Balaban J connectivity index is 1.83. The Bertz CT molecular complexity index is 991. The van der Waals surface area contributed by atoms with Crippen LogP contribution in [-0.4, -0.2) is 23.7 Å². The summed E-state index contributed by atoms with van der Waals surface area (Å²) in [4.78, 5) is 14.7. The van der Waals surface area contributed by atoms with Gasteiger partial charge in [0.25, 0.3) is 5.91 Å². The number of hydrogen-bond acceptors (Lipinski definition) is 2. The second-order valence-corrected chi connectivity index (χ2v) is 7.79. The number of hydrogen-bond donors (Lipinski definition) is 1. The summed E-state index contributed by atoms with van der Waals surface area (Å²) in [5.41, 5.74) is 3.29. The minimum Gasteiger partial charge on any atom is -0.378 e. The van der Waals surface area contributed by atoms with Crippen molar-refractivity contribution in [1.82, 2.24) is 0 Å². The molecule has 1 aliphatic rings. The number of carbonyl (C=O) groups is 1. The minimum absolute atomic E-state index is 0.237. The van der Waals surface area contributed by atoms with Gasteiger partial charge in [0.15, 0.2) is 6.10 Å². The molecule has 0 aromatic heterocycles. The highest BCUT2D eigenvalue weighted by Crippen LogP contribution is 2.29. The second kappa shape index (κ2) is 9.52. The lowest BCUT2D eigenvalue weighted by molar-refractivity contribution is -0.137. The molecule has 0 fully saturated rings. The normalized spacial score (nSPS) is 14.8. The monoisotopic (exact) mass is 429 g/mol. The topological polar surface area (TPSA) is 40.5 Å². The van der Waals surface area contributed by atoms with Gasteiger partial charge in [0.1, 0.15) is 0 Å².